The summed E-state index contributed by atoms with van der Waals surface area (Å²) in [6, 6.07) is 14.0. The van der Waals surface area contributed by atoms with E-state index in [-0.39, 0.29) is 0 Å². The Hall–Kier alpha value is -3.51. The maximum absolute atomic E-state index is 11.8. The van der Waals surface area contributed by atoms with Crippen LogP contribution >= 0.6 is 0 Å². The van der Waals surface area contributed by atoms with E-state index in [1.54, 1.807) is 0 Å². The number of aromatic nitrogens is 3. The van der Waals surface area contributed by atoms with Crippen LogP contribution in [0.1, 0.15) is 38.2 Å². The molecule has 2 heterocycles. The number of carboxylic acids is 1. The summed E-state index contributed by atoms with van der Waals surface area (Å²) in [6.45, 7) is 2.42. The zero-order chi connectivity index (χ0) is 22.6. The van der Waals surface area contributed by atoms with Gasteiger partial charge in [0.2, 0.25) is 0 Å². The number of imidazole rings is 1. The van der Waals surface area contributed by atoms with Gasteiger partial charge in [-0.15, -0.1) is 0 Å². The smallest absolute Gasteiger partial charge is 0.309 e. The Kier molecular flexibility index (Phi) is 6.32. The number of carboxylic acid groups (broad SMARTS) is 1. The number of pyridine rings is 1. The zero-order valence-corrected chi connectivity index (χ0v) is 18.2. The van der Waals surface area contributed by atoms with Crippen molar-refractivity contribution in [1.82, 2.24) is 15.0 Å². The third kappa shape index (κ3) is 4.41. The highest BCUT2D eigenvalue weighted by molar-refractivity contribution is 5.81. The van der Waals surface area contributed by atoms with Crippen molar-refractivity contribution in [2.24, 2.45) is 11.1 Å². The van der Waals surface area contributed by atoms with Gasteiger partial charge >= 0.3 is 5.97 Å². The molecule has 0 unspecified atom stereocenters. The number of aromatic amines is 1. The van der Waals surface area contributed by atoms with Gasteiger partial charge in [-0.25, -0.2) is 4.98 Å². The van der Waals surface area contributed by atoms with Gasteiger partial charge in [0, 0.05) is 12.7 Å². The number of benzene rings is 1. The predicted octanol–water partition coefficient (Wildman–Crippen LogP) is 5.07. The van der Waals surface area contributed by atoms with Gasteiger partial charge < -0.3 is 15.8 Å². The van der Waals surface area contributed by atoms with Gasteiger partial charge in [0.15, 0.2) is 5.82 Å². The van der Waals surface area contributed by atoms with Crippen LogP contribution in [-0.4, -0.2) is 32.6 Å². The number of nitrogens with two attached hydrogens (primary N) is 1. The monoisotopic (exact) mass is 428 g/mol. The highest BCUT2D eigenvalue weighted by atomic mass is 16.4. The minimum atomic E-state index is -0.708. The van der Waals surface area contributed by atoms with E-state index < -0.39 is 11.4 Å². The molecule has 1 aliphatic carbocycles. The minimum Gasteiger partial charge on any atom is -0.481 e. The van der Waals surface area contributed by atoms with Crippen molar-refractivity contribution in [1.29, 1.82) is 0 Å². The van der Waals surface area contributed by atoms with Crippen LogP contribution in [0.5, 0.6) is 0 Å². The maximum Gasteiger partial charge on any atom is 0.309 e. The van der Waals surface area contributed by atoms with E-state index >= 15 is 0 Å². The van der Waals surface area contributed by atoms with Gasteiger partial charge in [-0.1, -0.05) is 55.0 Å². The van der Waals surface area contributed by atoms with Crippen LogP contribution in [0.25, 0.3) is 28.3 Å². The number of H-pyrrole nitrogens is 1. The molecule has 0 saturated heterocycles. The summed E-state index contributed by atoms with van der Waals surface area (Å²) in [7, 11) is 0. The molecule has 0 radical (unpaired) electrons. The molecule has 2 aromatic heterocycles. The second-order valence-electron chi connectivity index (χ2n) is 8.33. The number of aliphatic carboxylic acids is 1. The van der Waals surface area contributed by atoms with E-state index in [1.807, 2.05) is 73.9 Å². The molecule has 1 fully saturated rings. The fourth-order valence-corrected chi connectivity index (χ4v) is 4.11. The largest absolute Gasteiger partial charge is 0.481 e. The van der Waals surface area contributed by atoms with E-state index in [9.17, 15) is 9.90 Å². The third-order valence-corrected chi connectivity index (χ3v) is 6.29. The van der Waals surface area contributed by atoms with E-state index in [0.29, 0.717) is 18.8 Å². The molecule has 1 saturated carbocycles. The lowest BCUT2D eigenvalue weighted by Crippen LogP contribution is -2.37. The number of nitrogens with zero attached hydrogens (tertiary/aromatic N) is 2. The predicted molar refractivity (Wildman–Crippen MR) is 127 cm³/mol. The van der Waals surface area contributed by atoms with Crippen molar-refractivity contribution in [3.63, 3.8) is 0 Å². The first-order chi connectivity index (χ1) is 15.5. The van der Waals surface area contributed by atoms with E-state index in [4.69, 9.17) is 5.73 Å². The van der Waals surface area contributed by atoms with Crippen molar-refractivity contribution in [2.45, 2.75) is 32.6 Å². The molecule has 0 atom stereocenters. The van der Waals surface area contributed by atoms with Gasteiger partial charge in [-0.2, -0.15) is 0 Å². The quantitative estimate of drug-likeness (QED) is 0.434. The normalized spacial score (nSPS) is 15.9. The number of hydrogen-bond acceptors (Lipinski definition) is 4. The number of allylic oxidation sites excluding steroid dienone is 3. The van der Waals surface area contributed by atoms with Crippen LogP contribution in [0.2, 0.25) is 0 Å². The zero-order valence-electron chi connectivity index (χ0n) is 18.2. The summed E-state index contributed by atoms with van der Waals surface area (Å²) in [6.07, 6.45) is 10.5. The molecule has 3 aromatic rings. The average molecular weight is 429 g/mol. The molecular weight excluding hydrogens is 400 g/mol. The fourth-order valence-electron chi connectivity index (χ4n) is 4.11. The average Bonchev–Trinajstić information content (AvgIpc) is 3.27. The Balaban J connectivity index is 1.60. The second kappa shape index (κ2) is 9.32. The molecule has 6 nitrogen and oxygen atoms in total. The number of rotatable bonds is 8. The first kappa shape index (κ1) is 21.7. The van der Waals surface area contributed by atoms with Crippen LogP contribution < -0.4 is 5.73 Å². The Labute approximate surface area is 187 Å². The van der Waals surface area contributed by atoms with Gasteiger partial charge in [0.05, 0.1) is 17.3 Å². The number of carbonyl (C=O) groups is 1. The van der Waals surface area contributed by atoms with Gasteiger partial charge in [0.1, 0.15) is 5.69 Å². The van der Waals surface area contributed by atoms with Crippen molar-refractivity contribution in [3.05, 3.63) is 78.1 Å². The maximum atomic E-state index is 11.8. The summed E-state index contributed by atoms with van der Waals surface area (Å²) in [5.74, 6) is -0.00484. The summed E-state index contributed by atoms with van der Waals surface area (Å²) in [5.41, 5.74) is 10.8. The van der Waals surface area contributed by atoms with Crippen molar-refractivity contribution in [2.75, 3.05) is 6.54 Å². The Morgan fingerprint density at radius 1 is 1.12 bits per heavy atom. The molecule has 164 valence electrons. The van der Waals surface area contributed by atoms with E-state index in [2.05, 4.69) is 15.0 Å². The van der Waals surface area contributed by atoms with Crippen LogP contribution in [0.3, 0.4) is 0 Å². The third-order valence-electron chi connectivity index (χ3n) is 6.29. The Morgan fingerprint density at radius 2 is 1.91 bits per heavy atom. The number of nitrogens with one attached hydrogen (secondary N) is 1. The van der Waals surface area contributed by atoms with Crippen molar-refractivity contribution >= 4 is 11.5 Å². The van der Waals surface area contributed by atoms with Crippen LogP contribution in [0.4, 0.5) is 0 Å². The molecule has 0 amide bonds. The minimum absolute atomic E-state index is 0.424. The SMILES string of the molecule is C/C(=C/CN)C(=CCC1(C(=O)O)CCC1)c1ccc(-c2ncc(-c3ccccc3)[nH]2)nc1. The van der Waals surface area contributed by atoms with Gasteiger partial charge in [0.25, 0.3) is 0 Å². The lowest BCUT2D eigenvalue weighted by atomic mass is 9.66. The lowest BCUT2D eigenvalue weighted by Gasteiger charge is -2.37. The molecule has 4 rings (SSSR count). The topological polar surface area (TPSA) is 105 Å². The molecule has 1 aliphatic rings. The molecule has 32 heavy (non-hydrogen) atoms. The van der Waals surface area contributed by atoms with Crippen molar-refractivity contribution in [3.8, 4) is 22.8 Å². The first-order valence-corrected chi connectivity index (χ1v) is 10.9. The number of hydrogen-bond donors (Lipinski definition) is 3. The Bertz CT molecular complexity index is 1140. The molecule has 0 spiro atoms. The molecule has 4 N–H and O–H groups in total. The lowest BCUT2D eigenvalue weighted by molar-refractivity contribution is -0.154. The van der Waals surface area contributed by atoms with Gasteiger partial charge in [-0.3, -0.25) is 9.78 Å². The van der Waals surface area contributed by atoms with Crippen LogP contribution in [0, 0.1) is 5.41 Å². The summed E-state index contributed by atoms with van der Waals surface area (Å²) >= 11 is 0. The molecule has 1 aromatic carbocycles. The second-order valence-corrected chi connectivity index (χ2v) is 8.33. The summed E-state index contributed by atoms with van der Waals surface area (Å²) in [5, 5.41) is 9.67. The highest BCUT2D eigenvalue weighted by Crippen LogP contribution is 2.45. The molecule has 0 bridgehead atoms. The van der Waals surface area contributed by atoms with E-state index in [1.165, 1.54) is 0 Å². The first-order valence-electron chi connectivity index (χ1n) is 10.9. The molecule has 0 aliphatic heterocycles. The highest BCUT2D eigenvalue weighted by Gasteiger charge is 2.43. The van der Waals surface area contributed by atoms with Crippen molar-refractivity contribution < 1.29 is 9.90 Å². The van der Waals surface area contributed by atoms with E-state index in [0.717, 1.165) is 52.9 Å². The van der Waals surface area contributed by atoms with Crippen LogP contribution in [-0.2, 0) is 4.79 Å². The standard InChI is InChI=1S/C26H28N4O2/c1-18(11-15-27)21(10-14-26(25(31)32)12-5-13-26)20-8-9-22(28-16-20)24-29-17-23(30-24)19-6-3-2-4-7-19/h2-4,6-11,16-17H,5,12-15,27H2,1H3,(H,29,30)(H,31,32)/b18-11-,21-10?. The van der Waals surface area contributed by atoms with Crippen LogP contribution in [0.15, 0.2) is 72.6 Å². The summed E-state index contributed by atoms with van der Waals surface area (Å²) in [4.78, 5) is 24.2. The molecular formula is C26H28N4O2. The van der Waals surface area contributed by atoms with Gasteiger partial charge in [-0.05, 0) is 54.5 Å². The fraction of sp³-hybridized carbons (Fsp3) is 0.269. The molecule has 6 heteroatoms. The summed E-state index contributed by atoms with van der Waals surface area (Å²) < 4.78 is 0. The Morgan fingerprint density at radius 3 is 2.50 bits per heavy atom.